The van der Waals surface area contributed by atoms with Crippen LogP contribution in [0.1, 0.15) is 29.4 Å². The standard InChI is InChI=1S/C14H16N2O2/c1-3-11-13(17)15-12(16-14(11)18)8-10-6-4-9(2)5-7-10/h4-7H,3,8H2,1-2H3,(H2,15,16,17,18). The summed E-state index contributed by atoms with van der Waals surface area (Å²) in [5, 5.41) is 9.66. The van der Waals surface area contributed by atoms with Crippen molar-refractivity contribution >= 4 is 0 Å². The number of H-pyrrole nitrogens is 1. The van der Waals surface area contributed by atoms with Crippen LogP contribution in [0.3, 0.4) is 0 Å². The van der Waals surface area contributed by atoms with E-state index in [1.807, 2.05) is 38.1 Å². The fourth-order valence-electron chi connectivity index (χ4n) is 1.83. The van der Waals surface area contributed by atoms with E-state index in [4.69, 9.17) is 0 Å². The van der Waals surface area contributed by atoms with Crippen LogP contribution < -0.4 is 5.56 Å². The lowest BCUT2D eigenvalue weighted by atomic mass is 10.1. The van der Waals surface area contributed by atoms with Crippen LogP contribution >= 0.6 is 0 Å². The fraction of sp³-hybridized carbons (Fsp3) is 0.286. The van der Waals surface area contributed by atoms with Crippen molar-refractivity contribution in [1.29, 1.82) is 0 Å². The number of benzene rings is 1. The molecular weight excluding hydrogens is 228 g/mol. The fourth-order valence-corrected chi connectivity index (χ4v) is 1.83. The van der Waals surface area contributed by atoms with Crippen LogP contribution in [0.15, 0.2) is 29.1 Å². The summed E-state index contributed by atoms with van der Waals surface area (Å²) in [5.41, 5.74) is 2.31. The second-order valence-electron chi connectivity index (χ2n) is 4.33. The number of rotatable bonds is 3. The molecule has 18 heavy (non-hydrogen) atoms. The zero-order valence-electron chi connectivity index (χ0n) is 10.5. The molecule has 2 aromatic rings. The zero-order chi connectivity index (χ0) is 13.1. The van der Waals surface area contributed by atoms with Gasteiger partial charge in [0, 0.05) is 6.42 Å². The monoisotopic (exact) mass is 244 g/mol. The SMILES string of the molecule is CCc1c(O)nc(Cc2ccc(C)cc2)[nH]c1=O. The van der Waals surface area contributed by atoms with E-state index in [1.165, 1.54) is 5.56 Å². The highest BCUT2D eigenvalue weighted by molar-refractivity contribution is 5.26. The van der Waals surface area contributed by atoms with Gasteiger partial charge in [-0.15, -0.1) is 0 Å². The van der Waals surface area contributed by atoms with Crippen molar-refractivity contribution in [3.63, 3.8) is 0 Å². The Bertz CT molecular complexity index is 600. The van der Waals surface area contributed by atoms with Crippen molar-refractivity contribution < 1.29 is 5.11 Å². The summed E-state index contributed by atoms with van der Waals surface area (Å²) in [6, 6.07) is 7.99. The summed E-state index contributed by atoms with van der Waals surface area (Å²) in [7, 11) is 0. The van der Waals surface area contributed by atoms with Crippen molar-refractivity contribution in [3.8, 4) is 5.88 Å². The van der Waals surface area contributed by atoms with Crippen LogP contribution in [0.25, 0.3) is 0 Å². The maximum atomic E-state index is 11.7. The van der Waals surface area contributed by atoms with Crippen LogP contribution in [0.2, 0.25) is 0 Å². The third-order valence-electron chi connectivity index (χ3n) is 2.89. The third kappa shape index (κ3) is 2.59. The number of aromatic hydroxyl groups is 1. The Morgan fingerprint density at radius 3 is 2.50 bits per heavy atom. The van der Waals surface area contributed by atoms with Crippen molar-refractivity contribution in [2.45, 2.75) is 26.7 Å². The summed E-state index contributed by atoms with van der Waals surface area (Å²) < 4.78 is 0. The molecule has 2 rings (SSSR count). The Labute approximate surface area is 105 Å². The van der Waals surface area contributed by atoms with Gasteiger partial charge in [-0.05, 0) is 18.9 Å². The van der Waals surface area contributed by atoms with E-state index >= 15 is 0 Å². The van der Waals surface area contributed by atoms with E-state index < -0.39 is 0 Å². The molecule has 0 saturated carbocycles. The minimum Gasteiger partial charge on any atom is -0.493 e. The summed E-state index contributed by atoms with van der Waals surface area (Å²) in [5.74, 6) is 0.321. The van der Waals surface area contributed by atoms with Gasteiger partial charge in [-0.25, -0.2) is 0 Å². The first kappa shape index (κ1) is 12.4. The second-order valence-corrected chi connectivity index (χ2v) is 4.33. The van der Waals surface area contributed by atoms with E-state index in [2.05, 4.69) is 9.97 Å². The molecule has 0 aliphatic rings. The van der Waals surface area contributed by atoms with Gasteiger partial charge in [-0.3, -0.25) is 4.79 Å². The van der Waals surface area contributed by atoms with Crippen molar-refractivity contribution in [1.82, 2.24) is 9.97 Å². The first-order chi connectivity index (χ1) is 8.60. The number of nitrogens with one attached hydrogen (secondary N) is 1. The van der Waals surface area contributed by atoms with Crippen LogP contribution in [-0.2, 0) is 12.8 Å². The van der Waals surface area contributed by atoms with E-state index in [-0.39, 0.29) is 11.4 Å². The molecule has 0 aliphatic heterocycles. The average molecular weight is 244 g/mol. The zero-order valence-corrected chi connectivity index (χ0v) is 10.5. The second kappa shape index (κ2) is 5.04. The Hall–Kier alpha value is -2.10. The minimum atomic E-state index is -0.257. The molecule has 0 aliphatic carbocycles. The van der Waals surface area contributed by atoms with Gasteiger partial charge in [0.05, 0.1) is 5.56 Å². The Balaban J connectivity index is 2.30. The van der Waals surface area contributed by atoms with Gasteiger partial charge in [-0.2, -0.15) is 4.98 Å². The smallest absolute Gasteiger partial charge is 0.257 e. The Morgan fingerprint density at radius 1 is 1.28 bits per heavy atom. The lowest BCUT2D eigenvalue weighted by molar-refractivity contribution is 0.440. The van der Waals surface area contributed by atoms with Crippen LogP contribution in [-0.4, -0.2) is 15.1 Å². The first-order valence-electron chi connectivity index (χ1n) is 5.96. The molecule has 0 atom stereocenters. The predicted molar refractivity (Wildman–Crippen MR) is 69.9 cm³/mol. The molecule has 4 nitrogen and oxygen atoms in total. The molecular formula is C14H16N2O2. The predicted octanol–water partition coefficient (Wildman–Crippen LogP) is 1.94. The molecule has 0 unspecified atom stereocenters. The van der Waals surface area contributed by atoms with Crippen LogP contribution in [0.5, 0.6) is 5.88 Å². The van der Waals surface area contributed by atoms with Crippen molar-refractivity contribution in [2.24, 2.45) is 0 Å². The van der Waals surface area contributed by atoms with Gasteiger partial charge < -0.3 is 10.1 Å². The van der Waals surface area contributed by atoms with E-state index in [9.17, 15) is 9.90 Å². The maximum absolute atomic E-state index is 11.7. The minimum absolute atomic E-state index is 0.164. The molecule has 0 amide bonds. The number of hydrogen-bond donors (Lipinski definition) is 2. The Kier molecular flexibility index (Phi) is 3.46. The van der Waals surface area contributed by atoms with Gasteiger partial charge in [0.25, 0.3) is 5.56 Å². The first-order valence-corrected chi connectivity index (χ1v) is 5.96. The molecule has 0 spiro atoms. The number of aryl methyl sites for hydroxylation is 1. The van der Waals surface area contributed by atoms with Gasteiger partial charge >= 0.3 is 0 Å². The third-order valence-corrected chi connectivity index (χ3v) is 2.89. The lowest BCUT2D eigenvalue weighted by Crippen LogP contribution is -2.16. The molecule has 1 heterocycles. The van der Waals surface area contributed by atoms with Crippen LogP contribution in [0, 0.1) is 6.92 Å². The van der Waals surface area contributed by atoms with Gasteiger partial charge in [0.1, 0.15) is 5.82 Å². The lowest BCUT2D eigenvalue weighted by Gasteiger charge is -2.05. The highest BCUT2D eigenvalue weighted by Gasteiger charge is 2.08. The quantitative estimate of drug-likeness (QED) is 0.867. The van der Waals surface area contributed by atoms with Crippen molar-refractivity contribution in [2.75, 3.05) is 0 Å². The van der Waals surface area contributed by atoms with E-state index in [1.54, 1.807) is 0 Å². The molecule has 0 bridgehead atoms. The maximum Gasteiger partial charge on any atom is 0.257 e. The van der Waals surface area contributed by atoms with E-state index in [0.29, 0.717) is 24.2 Å². The largest absolute Gasteiger partial charge is 0.493 e. The summed E-state index contributed by atoms with van der Waals surface area (Å²) in [6.07, 6.45) is 0.978. The molecule has 0 saturated heterocycles. The molecule has 1 aromatic carbocycles. The number of nitrogens with zero attached hydrogens (tertiary/aromatic N) is 1. The van der Waals surface area contributed by atoms with Gasteiger partial charge in [0.15, 0.2) is 0 Å². The topological polar surface area (TPSA) is 66.0 Å². The highest BCUT2D eigenvalue weighted by Crippen LogP contribution is 2.12. The molecule has 1 aromatic heterocycles. The average Bonchev–Trinajstić information content (AvgIpc) is 2.32. The van der Waals surface area contributed by atoms with Crippen molar-refractivity contribution in [3.05, 3.63) is 57.1 Å². The molecule has 0 radical (unpaired) electrons. The van der Waals surface area contributed by atoms with Gasteiger partial charge in [0.2, 0.25) is 5.88 Å². The Morgan fingerprint density at radius 2 is 1.94 bits per heavy atom. The summed E-state index contributed by atoms with van der Waals surface area (Å²) in [6.45, 7) is 3.83. The van der Waals surface area contributed by atoms with E-state index in [0.717, 1.165) is 5.56 Å². The molecule has 4 heteroatoms. The number of aromatic amines is 1. The highest BCUT2D eigenvalue weighted by atomic mass is 16.3. The normalized spacial score (nSPS) is 10.6. The molecule has 0 fully saturated rings. The number of aromatic nitrogens is 2. The van der Waals surface area contributed by atoms with Crippen LogP contribution in [0.4, 0.5) is 0 Å². The number of hydrogen-bond acceptors (Lipinski definition) is 3. The molecule has 94 valence electrons. The van der Waals surface area contributed by atoms with Gasteiger partial charge in [-0.1, -0.05) is 36.8 Å². The summed E-state index contributed by atoms with van der Waals surface area (Å²) >= 11 is 0. The summed E-state index contributed by atoms with van der Waals surface area (Å²) in [4.78, 5) is 18.4. The molecule has 2 N–H and O–H groups in total.